The highest BCUT2D eigenvalue weighted by atomic mass is 15.1. The summed E-state index contributed by atoms with van der Waals surface area (Å²) >= 11 is 0. The van der Waals surface area contributed by atoms with Crippen LogP contribution in [0.25, 0.3) is 0 Å². The zero-order valence-corrected chi connectivity index (χ0v) is 17.8. The highest BCUT2D eigenvalue weighted by Gasteiger charge is 2.27. The second-order valence-electron chi connectivity index (χ2n) is 8.21. The lowest BCUT2D eigenvalue weighted by Gasteiger charge is -2.34. The van der Waals surface area contributed by atoms with E-state index in [1.54, 1.807) is 33.4 Å². The first kappa shape index (κ1) is 19.9. The van der Waals surface area contributed by atoms with E-state index in [0.29, 0.717) is 0 Å². The van der Waals surface area contributed by atoms with E-state index >= 15 is 0 Å². The Morgan fingerprint density at radius 3 is 1.00 bits per heavy atom. The summed E-state index contributed by atoms with van der Waals surface area (Å²) in [4.78, 5) is 5.26. The Bertz CT molecular complexity index is 507. The van der Waals surface area contributed by atoms with Crippen LogP contribution in [0.2, 0.25) is 0 Å². The minimum atomic E-state index is 1.17. The van der Waals surface area contributed by atoms with Crippen molar-refractivity contribution in [1.29, 1.82) is 0 Å². The third kappa shape index (κ3) is 4.02. The van der Waals surface area contributed by atoms with Gasteiger partial charge in [0.15, 0.2) is 0 Å². The van der Waals surface area contributed by atoms with Gasteiger partial charge in [-0.15, -0.1) is 0 Å². The average Bonchev–Trinajstić information content (AvgIpc) is 2.70. The molecule has 26 heavy (non-hydrogen) atoms. The molecule has 146 valence electrons. The monoisotopic (exact) mass is 356 g/mol. The van der Waals surface area contributed by atoms with Crippen molar-refractivity contribution < 1.29 is 0 Å². The summed E-state index contributed by atoms with van der Waals surface area (Å²) in [5, 5.41) is 0. The lowest BCUT2D eigenvalue weighted by molar-refractivity contribution is 0.288. The van der Waals surface area contributed by atoms with E-state index in [9.17, 15) is 0 Å². The highest BCUT2D eigenvalue weighted by molar-refractivity contribution is 5.54. The Labute approximate surface area is 162 Å². The van der Waals surface area contributed by atoms with E-state index in [1.807, 2.05) is 0 Å². The topological polar surface area (TPSA) is 6.48 Å². The van der Waals surface area contributed by atoms with Crippen molar-refractivity contribution in [2.24, 2.45) is 0 Å². The molecule has 0 amide bonds. The molecule has 0 radical (unpaired) electrons. The fraction of sp³-hybridized carbons (Fsp3) is 0.750. The number of benzene rings is 1. The van der Waals surface area contributed by atoms with Gasteiger partial charge < -0.3 is 0 Å². The molecule has 1 aromatic carbocycles. The van der Waals surface area contributed by atoms with Crippen molar-refractivity contribution in [2.45, 2.75) is 92.2 Å². The summed E-state index contributed by atoms with van der Waals surface area (Å²) in [5.74, 6) is 0. The Hall–Kier alpha value is -0.860. The molecule has 3 rings (SSSR count). The van der Waals surface area contributed by atoms with Gasteiger partial charge in [0, 0.05) is 13.1 Å². The predicted octanol–water partition coefficient (Wildman–Crippen LogP) is 5.13. The molecule has 2 heteroatoms. The molecule has 0 bridgehead atoms. The van der Waals surface area contributed by atoms with Gasteiger partial charge >= 0.3 is 0 Å². The van der Waals surface area contributed by atoms with Gasteiger partial charge in [0.25, 0.3) is 0 Å². The normalized spacial score (nSPS) is 16.8. The minimum absolute atomic E-state index is 1.17. The summed E-state index contributed by atoms with van der Waals surface area (Å²) in [5.41, 5.74) is 10.6. The van der Waals surface area contributed by atoms with E-state index < -0.39 is 0 Å². The summed E-state index contributed by atoms with van der Waals surface area (Å²) in [7, 11) is 0. The van der Waals surface area contributed by atoms with E-state index in [2.05, 4.69) is 37.5 Å². The van der Waals surface area contributed by atoms with Crippen LogP contribution in [0.1, 0.15) is 86.8 Å². The van der Waals surface area contributed by atoms with Crippen LogP contribution in [0.15, 0.2) is 0 Å². The second kappa shape index (κ2) is 9.37. The van der Waals surface area contributed by atoms with Gasteiger partial charge in [0.1, 0.15) is 0 Å². The Kier molecular flexibility index (Phi) is 7.17. The standard InChI is InChI=1S/C24H40N2/c1-5-25(6-2)17-23-19-13-9-11-15-21(19)24(18-26(7-3)8-4)22-16-12-10-14-20(22)23/h5-18H2,1-4H3. The zero-order valence-electron chi connectivity index (χ0n) is 17.8. The van der Waals surface area contributed by atoms with E-state index in [-0.39, 0.29) is 0 Å². The molecule has 0 unspecified atom stereocenters. The molecule has 2 nitrogen and oxygen atoms in total. The Balaban J connectivity index is 2.11. The van der Waals surface area contributed by atoms with Crippen LogP contribution < -0.4 is 0 Å². The van der Waals surface area contributed by atoms with Crippen LogP contribution >= 0.6 is 0 Å². The average molecular weight is 357 g/mol. The molecular formula is C24H40N2. The third-order valence-electron chi connectivity index (χ3n) is 6.95. The van der Waals surface area contributed by atoms with Crippen LogP contribution in [-0.4, -0.2) is 36.0 Å². The van der Waals surface area contributed by atoms with Crippen LogP contribution in [0.3, 0.4) is 0 Å². The Morgan fingerprint density at radius 1 is 0.500 bits per heavy atom. The van der Waals surface area contributed by atoms with Crippen molar-refractivity contribution in [3.8, 4) is 0 Å². The molecule has 0 heterocycles. The zero-order chi connectivity index (χ0) is 18.5. The maximum absolute atomic E-state index is 2.63. The first-order valence-corrected chi connectivity index (χ1v) is 11.3. The van der Waals surface area contributed by atoms with Gasteiger partial charge in [0.05, 0.1) is 0 Å². The van der Waals surface area contributed by atoms with Gasteiger partial charge in [-0.1, -0.05) is 27.7 Å². The molecule has 0 saturated heterocycles. The first-order chi connectivity index (χ1) is 12.7. The lowest BCUT2D eigenvalue weighted by atomic mass is 9.75. The van der Waals surface area contributed by atoms with Crippen molar-refractivity contribution >= 4 is 0 Å². The molecule has 2 aliphatic rings. The van der Waals surface area contributed by atoms with Gasteiger partial charge in [-0.05, 0) is 111 Å². The number of hydrogen-bond donors (Lipinski definition) is 0. The van der Waals surface area contributed by atoms with E-state index in [0.717, 1.165) is 0 Å². The molecule has 1 aromatic rings. The molecule has 0 N–H and O–H groups in total. The lowest BCUT2D eigenvalue weighted by Crippen LogP contribution is -2.29. The Morgan fingerprint density at radius 2 is 0.769 bits per heavy atom. The SMILES string of the molecule is CCN(CC)Cc1c2c(c(CN(CC)CC)c3c1CCCC3)CCCC2. The second-order valence-corrected chi connectivity index (χ2v) is 8.21. The molecular weight excluding hydrogens is 316 g/mol. The molecule has 0 saturated carbocycles. The smallest absolute Gasteiger partial charge is 0.0239 e. The number of hydrogen-bond acceptors (Lipinski definition) is 2. The summed E-state index contributed by atoms with van der Waals surface area (Å²) in [6, 6.07) is 0. The van der Waals surface area contributed by atoms with Gasteiger partial charge in [-0.25, -0.2) is 0 Å². The minimum Gasteiger partial charge on any atom is -0.300 e. The maximum Gasteiger partial charge on any atom is 0.0239 e. The molecule has 0 atom stereocenters. The van der Waals surface area contributed by atoms with Gasteiger partial charge in [-0.2, -0.15) is 0 Å². The maximum atomic E-state index is 2.63. The van der Waals surface area contributed by atoms with Crippen LogP contribution in [0.4, 0.5) is 0 Å². The molecule has 2 aliphatic carbocycles. The third-order valence-corrected chi connectivity index (χ3v) is 6.95. The summed E-state index contributed by atoms with van der Waals surface area (Å²) in [6.45, 7) is 16.3. The molecule has 0 fully saturated rings. The van der Waals surface area contributed by atoms with Crippen LogP contribution in [0, 0.1) is 0 Å². The van der Waals surface area contributed by atoms with Crippen molar-refractivity contribution in [3.05, 3.63) is 33.4 Å². The summed E-state index contributed by atoms with van der Waals surface area (Å²) < 4.78 is 0. The van der Waals surface area contributed by atoms with Crippen molar-refractivity contribution in [1.82, 2.24) is 9.80 Å². The molecule has 0 spiro atoms. The highest BCUT2D eigenvalue weighted by Crippen LogP contribution is 2.38. The van der Waals surface area contributed by atoms with E-state index in [4.69, 9.17) is 0 Å². The summed E-state index contributed by atoms with van der Waals surface area (Å²) in [6.07, 6.45) is 10.9. The van der Waals surface area contributed by atoms with Crippen LogP contribution in [0.5, 0.6) is 0 Å². The van der Waals surface area contributed by atoms with Crippen molar-refractivity contribution in [3.63, 3.8) is 0 Å². The van der Waals surface area contributed by atoms with Gasteiger partial charge in [0.2, 0.25) is 0 Å². The quantitative estimate of drug-likeness (QED) is 0.637. The molecule has 0 aromatic heterocycles. The fourth-order valence-electron chi connectivity index (χ4n) is 5.23. The van der Waals surface area contributed by atoms with Crippen LogP contribution in [-0.2, 0) is 38.8 Å². The largest absolute Gasteiger partial charge is 0.300 e. The number of rotatable bonds is 8. The van der Waals surface area contributed by atoms with E-state index in [1.165, 1.54) is 90.6 Å². The number of fused-ring (bicyclic) bond motifs is 2. The number of nitrogens with zero attached hydrogens (tertiary/aromatic N) is 2. The van der Waals surface area contributed by atoms with Crippen molar-refractivity contribution in [2.75, 3.05) is 26.2 Å². The predicted molar refractivity (Wildman–Crippen MR) is 113 cm³/mol. The first-order valence-electron chi connectivity index (χ1n) is 11.3. The fourth-order valence-corrected chi connectivity index (χ4v) is 5.23. The van der Waals surface area contributed by atoms with Gasteiger partial charge in [-0.3, -0.25) is 9.80 Å². The molecule has 0 aliphatic heterocycles.